The Morgan fingerprint density at radius 3 is 2.35 bits per heavy atom. The Hall–Kier alpha value is -1.56. The van der Waals surface area contributed by atoms with E-state index in [1.54, 1.807) is 11.3 Å². The first-order chi connectivity index (χ1) is 11.1. The molecule has 3 amide bonds. The van der Waals surface area contributed by atoms with Gasteiger partial charge in [0.1, 0.15) is 0 Å². The molecule has 1 aromatic heterocycles. The highest BCUT2D eigenvalue weighted by Crippen LogP contribution is 2.31. The molecule has 0 radical (unpaired) electrons. The van der Waals surface area contributed by atoms with Gasteiger partial charge in [-0.3, -0.25) is 4.79 Å². The second-order valence-electron chi connectivity index (χ2n) is 6.77. The number of rotatable bonds is 4. The average Bonchev–Trinajstić information content (AvgIpc) is 3.27. The van der Waals surface area contributed by atoms with E-state index in [1.807, 2.05) is 21.2 Å². The van der Waals surface area contributed by atoms with Crippen LogP contribution in [0.2, 0.25) is 0 Å². The van der Waals surface area contributed by atoms with Gasteiger partial charge in [-0.1, -0.05) is 19.9 Å². The van der Waals surface area contributed by atoms with Crippen LogP contribution in [0.25, 0.3) is 0 Å². The summed E-state index contributed by atoms with van der Waals surface area (Å²) in [4.78, 5) is 29.6. The van der Waals surface area contributed by atoms with Gasteiger partial charge < -0.3 is 15.1 Å². The molecule has 2 heterocycles. The number of nitrogens with zero attached hydrogens (tertiary/aromatic N) is 2. The number of carbonyl (C=O) groups excluding carboxylic acids is 2. The number of thiophene rings is 1. The van der Waals surface area contributed by atoms with E-state index >= 15 is 0 Å². The third kappa shape index (κ3) is 3.86. The minimum absolute atomic E-state index is 0.0179. The van der Waals surface area contributed by atoms with Crippen molar-refractivity contribution in [2.45, 2.75) is 32.7 Å². The maximum atomic E-state index is 12.5. The Bertz CT molecular complexity index is 546. The smallest absolute Gasteiger partial charge is 0.318 e. The summed E-state index contributed by atoms with van der Waals surface area (Å²) in [7, 11) is 0. The van der Waals surface area contributed by atoms with E-state index in [2.05, 4.69) is 25.2 Å². The van der Waals surface area contributed by atoms with Gasteiger partial charge in [-0.15, -0.1) is 11.3 Å². The summed E-state index contributed by atoms with van der Waals surface area (Å²) in [5.41, 5.74) is 0. The fourth-order valence-electron chi connectivity index (χ4n) is 2.98. The van der Waals surface area contributed by atoms with Crippen LogP contribution in [0.15, 0.2) is 17.5 Å². The predicted molar refractivity (Wildman–Crippen MR) is 91.3 cm³/mol. The SMILES string of the molecule is CC(C)[C@@H](NC(=O)N1CCN(C(=O)C2CC2)CC1)c1cccs1. The van der Waals surface area contributed by atoms with Crippen molar-refractivity contribution in [2.75, 3.05) is 26.2 Å². The minimum atomic E-state index is -0.0179. The largest absolute Gasteiger partial charge is 0.339 e. The molecule has 3 rings (SSSR count). The average molecular weight is 335 g/mol. The summed E-state index contributed by atoms with van der Waals surface area (Å²) in [5, 5.41) is 5.20. The zero-order chi connectivity index (χ0) is 16.4. The van der Waals surface area contributed by atoms with Gasteiger partial charge in [0.15, 0.2) is 0 Å². The minimum Gasteiger partial charge on any atom is -0.339 e. The molecule has 1 atom stereocenters. The molecule has 1 aliphatic heterocycles. The van der Waals surface area contributed by atoms with Crippen molar-refractivity contribution in [1.29, 1.82) is 0 Å². The molecule has 0 aromatic carbocycles. The molecular formula is C17H25N3O2S. The lowest BCUT2D eigenvalue weighted by Crippen LogP contribution is -2.54. The summed E-state index contributed by atoms with van der Waals surface area (Å²) < 4.78 is 0. The topological polar surface area (TPSA) is 52.7 Å². The van der Waals surface area contributed by atoms with E-state index in [0.717, 1.165) is 12.8 Å². The quantitative estimate of drug-likeness (QED) is 0.920. The summed E-state index contributed by atoms with van der Waals surface area (Å²) in [6.45, 7) is 6.81. The maximum Gasteiger partial charge on any atom is 0.318 e. The van der Waals surface area contributed by atoms with Crippen LogP contribution in [0.1, 0.15) is 37.6 Å². The molecule has 2 fully saturated rings. The lowest BCUT2D eigenvalue weighted by Gasteiger charge is -2.36. The molecule has 1 saturated heterocycles. The van der Waals surface area contributed by atoms with Gasteiger partial charge in [-0.2, -0.15) is 0 Å². The highest BCUT2D eigenvalue weighted by molar-refractivity contribution is 7.10. The Kier molecular flexibility index (Phi) is 4.90. The number of piperazine rings is 1. The summed E-state index contributed by atoms with van der Waals surface area (Å²) in [6, 6.07) is 4.12. The Morgan fingerprint density at radius 1 is 1.17 bits per heavy atom. The molecule has 2 aliphatic rings. The van der Waals surface area contributed by atoms with Crippen molar-refractivity contribution in [3.8, 4) is 0 Å². The van der Waals surface area contributed by atoms with Crippen LogP contribution in [0.4, 0.5) is 4.79 Å². The first-order valence-corrected chi connectivity index (χ1v) is 9.32. The van der Waals surface area contributed by atoms with E-state index in [4.69, 9.17) is 0 Å². The van der Waals surface area contributed by atoms with Crippen LogP contribution in [0.3, 0.4) is 0 Å². The van der Waals surface area contributed by atoms with Gasteiger partial charge in [0.2, 0.25) is 5.91 Å². The fourth-order valence-corrected chi connectivity index (χ4v) is 3.93. The number of carbonyl (C=O) groups is 2. The summed E-state index contributed by atoms with van der Waals surface area (Å²) in [6.07, 6.45) is 2.08. The van der Waals surface area contributed by atoms with Gasteiger partial charge in [0.05, 0.1) is 6.04 Å². The second kappa shape index (κ2) is 6.91. The molecule has 1 aromatic rings. The lowest BCUT2D eigenvalue weighted by atomic mass is 10.0. The first-order valence-electron chi connectivity index (χ1n) is 8.44. The highest BCUT2D eigenvalue weighted by Gasteiger charge is 2.35. The molecule has 0 bridgehead atoms. The normalized spacial score (nSPS) is 19.8. The summed E-state index contributed by atoms with van der Waals surface area (Å²) in [5.74, 6) is 0.888. The van der Waals surface area contributed by atoms with Crippen molar-refractivity contribution in [3.05, 3.63) is 22.4 Å². The molecule has 23 heavy (non-hydrogen) atoms. The zero-order valence-corrected chi connectivity index (χ0v) is 14.6. The number of hydrogen-bond acceptors (Lipinski definition) is 3. The van der Waals surface area contributed by atoms with Crippen molar-refractivity contribution < 1.29 is 9.59 Å². The van der Waals surface area contributed by atoms with E-state index in [0.29, 0.717) is 32.1 Å². The standard InChI is InChI=1S/C17H25N3O2S/c1-12(2)15(14-4-3-11-23-14)18-17(22)20-9-7-19(8-10-20)16(21)13-5-6-13/h3-4,11-13,15H,5-10H2,1-2H3,(H,18,22)/t15-/m1/s1. The zero-order valence-electron chi connectivity index (χ0n) is 13.8. The van der Waals surface area contributed by atoms with E-state index in [9.17, 15) is 9.59 Å². The van der Waals surface area contributed by atoms with Crippen molar-refractivity contribution >= 4 is 23.3 Å². The van der Waals surface area contributed by atoms with Crippen LogP contribution in [-0.2, 0) is 4.79 Å². The first kappa shape index (κ1) is 16.3. The molecule has 0 spiro atoms. The van der Waals surface area contributed by atoms with Crippen LogP contribution < -0.4 is 5.32 Å². The summed E-state index contributed by atoms with van der Waals surface area (Å²) >= 11 is 1.68. The maximum absolute atomic E-state index is 12.5. The number of amides is 3. The molecule has 1 N–H and O–H groups in total. The van der Waals surface area contributed by atoms with Crippen molar-refractivity contribution in [2.24, 2.45) is 11.8 Å². The monoisotopic (exact) mass is 335 g/mol. The number of nitrogens with one attached hydrogen (secondary N) is 1. The van der Waals surface area contributed by atoms with Gasteiger partial charge >= 0.3 is 6.03 Å². The van der Waals surface area contributed by atoms with E-state index < -0.39 is 0 Å². The molecule has 6 heteroatoms. The molecular weight excluding hydrogens is 310 g/mol. The second-order valence-corrected chi connectivity index (χ2v) is 7.75. The van der Waals surface area contributed by atoms with Crippen molar-refractivity contribution in [3.63, 3.8) is 0 Å². The third-order valence-electron chi connectivity index (χ3n) is 4.60. The fraction of sp³-hybridized carbons (Fsp3) is 0.647. The molecule has 0 unspecified atom stereocenters. The number of hydrogen-bond donors (Lipinski definition) is 1. The Balaban J connectivity index is 1.53. The van der Waals surface area contributed by atoms with Gasteiger partial charge in [-0.05, 0) is 30.2 Å². The van der Waals surface area contributed by atoms with Crippen LogP contribution in [0, 0.1) is 11.8 Å². The molecule has 5 nitrogen and oxygen atoms in total. The number of urea groups is 1. The highest BCUT2D eigenvalue weighted by atomic mass is 32.1. The van der Waals surface area contributed by atoms with E-state index in [-0.39, 0.29) is 23.9 Å². The molecule has 126 valence electrons. The van der Waals surface area contributed by atoms with Crippen molar-refractivity contribution in [1.82, 2.24) is 15.1 Å². The lowest BCUT2D eigenvalue weighted by molar-refractivity contribution is -0.133. The molecule has 1 aliphatic carbocycles. The van der Waals surface area contributed by atoms with Gasteiger partial charge in [0, 0.05) is 37.0 Å². The Morgan fingerprint density at radius 2 is 1.83 bits per heavy atom. The van der Waals surface area contributed by atoms with Gasteiger partial charge in [-0.25, -0.2) is 4.79 Å². The van der Waals surface area contributed by atoms with E-state index in [1.165, 1.54) is 4.88 Å². The molecule has 1 saturated carbocycles. The van der Waals surface area contributed by atoms with Crippen LogP contribution in [-0.4, -0.2) is 47.9 Å². The Labute approximate surface area is 141 Å². The van der Waals surface area contributed by atoms with Gasteiger partial charge in [0.25, 0.3) is 0 Å². The van der Waals surface area contributed by atoms with Crippen LogP contribution >= 0.6 is 11.3 Å². The third-order valence-corrected chi connectivity index (χ3v) is 5.56. The predicted octanol–water partition coefficient (Wildman–Crippen LogP) is 2.71. The van der Waals surface area contributed by atoms with Crippen LogP contribution in [0.5, 0.6) is 0 Å².